The molecule has 0 aromatic carbocycles. The Bertz CT molecular complexity index is 188. The minimum Gasteiger partial charge on any atom is -0.338 e. The number of hydrogen-bond acceptors (Lipinski definition) is 1. The molecule has 0 bridgehead atoms. The molecule has 0 aromatic heterocycles. The van der Waals surface area contributed by atoms with Gasteiger partial charge in [0.25, 0.3) is 0 Å². The summed E-state index contributed by atoms with van der Waals surface area (Å²) < 4.78 is 0. The van der Waals surface area contributed by atoms with Gasteiger partial charge in [-0.1, -0.05) is 26.2 Å². The van der Waals surface area contributed by atoms with Crippen LogP contribution in [-0.2, 0) is 0 Å². The minimum atomic E-state index is -0.00470. The van der Waals surface area contributed by atoms with E-state index in [1.54, 1.807) is 0 Å². The fraction of sp³-hybridized carbons (Fsp3) is 0.917. The predicted molar refractivity (Wildman–Crippen MR) is 62.9 cm³/mol. The fourth-order valence-corrected chi connectivity index (χ4v) is 2.25. The molecule has 1 aliphatic rings. The molecule has 1 aliphatic carbocycles. The van der Waals surface area contributed by atoms with Gasteiger partial charge in [0.1, 0.15) is 0 Å². The lowest BCUT2D eigenvalue weighted by Gasteiger charge is -2.28. The van der Waals surface area contributed by atoms with E-state index in [9.17, 15) is 4.79 Å². The third-order valence-electron chi connectivity index (χ3n) is 3.25. The van der Waals surface area contributed by atoms with Gasteiger partial charge >= 0.3 is 6.03 Å². The molecule has 3 nitrogen and oxygen atoms in total. The van der Waals surface area contributed by atoms with Crippen molar-refractivity contribution in [3.63, 3.8) is 0 Å². The number of amides is 2. The Morgan fingerprint density at radius 2 is 2.00 bits per heavy atom. The van der Waals surface area contributed by atoms with Gasteiger partial charge in [-0.05, 0) is 32.1 Å². The lowest BCUT2D eigenvalue weighted by molar-refractivity contribution is 0.225. The lowest BCUT2D eigenvalue weighted by atomic mass is 9.85. The summed E-state index contributed by atoms with van der Waals surface area (Å²) in [6, 6.07) is 0.317. The number of carbonyl (C=O) groups excluding carboxylic acids is 1. The molecule has 0 heterocycles. The number of carbonyl (C=O) groups is 1. The van der Waals surface area contributed by atoms with Gasteiger partial charge in [-0.3, -0.25) is 0 Å². The van der Waals surface area contributed by atoms with Gasteiger partial charge in [-0.2, -0.15) is 0 Å². The van der Waals surface area contributed by atoms with Crippen LogP contribution in [0.1, 0.15) is 52.4 Å². The highest BCUT2D eigenvalue weighted by Gasteiger charge is 2.20. The molecule has 3 heteroatoms. The van der Waals surface area contributed by atoms with E-state index in [1.807, 2.05) is 0 Å². The van der Waals surface area contributed by atoms with Crippen LogP contribution in [0, 0.1) is 5.92 Å². The number of nitrogens with one attached hydrogen (secondary N) is 2. The molecule has 1 saturated carbocycles. The van der Waals surface area contributed by atoms with Gasteiger partial charge in [0, 0.05) is 12.6 Å². The standard InChI is InChI=1S/C12H24N2O/c1-3-9-13-12(15)14-10(2)11-7-5-4-6-8-11/h10-11H,3-9H2,1-2H3,(H2,13,14,15). The first kappa shape index (κ1) is 12.3. The van der Waals surface area contributed by atoms with E-state index in [1.165, 1.54) is 32.1 Å². The molecule has 1 rings (SSSR count). The van der Waals surface area contributed by atoms with Crippen LogP contribution < -0.4 is 10.6 Å². The smallest absolute Gasteiger partial charge is 0.315 e. The molecule has 1 fully saturated rings. The predicted octanol–water partition coefficient (Wildman–Crippen LogP) is 2.66. The zero-order valence-electron chi connectivity index (χ0n) is 10.0. The average Bonchev–Trinajstić information content (AvgIpc) is 2.27. The molecule has 15 heavy (non-hydrogen) atoms. The van der Waals surface area contributed by atoms with Crippen molar-refractivity contribution < 1.29 is 4.79 Å². The second-order valence-electron chi connectivity index (χ2n) is 4.59. The fourth-order valence-electron chi connectivity index (χ4n) is 2.25. The average molecular weight is 212 g/mol. The van der Waals surface area contributed by atoms with Crippen LogP contribution in [0.3, 0.4) is 0 Å². The van der Waals surface area contributed by atoms with Gasteiger partial charge in [-0.25, -0.2) is 4.79 Å². The Kier molecular flexibility index (Phi) is 5.51. The van der Waals surface area contributed by atoms with Crippen molar-refractivity contribution in [2.24, 2.45) is 5.92 Å². The van der Waals surface area contributed by atoms with Gasteiger partial charge in [0.05, 0.1) is 0 Å². The molecular weight excluding hydrogens is 188 g/mol. The summed E-state index contributed by atoms with van der Waals surface area (Å²) in [4.78, 5) is 11.4. The Balaban J connectivity index is 2.21. The molecule has 2 N–H and O–H groups in total. The van der Waals surface area contributed by atoms with Crippen molar-refractivity contribution in [3.8, 4) is 0 Å². The molecule has 0 radical (unpaired) electrons. The maximum Gasteiger partial charge on any atom is 0.315 e. The Morgan fingerprint density at radius 3 is 2.60 bits per heavy atom. The normalized spacial score (nSPS) is 19.6. The summed E-state index contributed by atoms with van der Waals surface area (Å²) in [6.07, 6.45) is 7.56. The molecule has 0 aliphatic heterocycles. The SMILES string of the molecule is CCCNC(=O)NC(C)C1CCCCC1. The summed E-state index contributed by atoms with van der Waals surface area (Å²) >= 11 is 0. The molecule has 1 atom stereocenters. The maximum atomic E-state index is 11.4. The maximum absolute atomic E-state index is 11.4. The van der Waals surface area contributed by atoms with E-state index in [2.05, 4.69) is 24.5 Å². The second kappa shape index (κ2) is 6.70. The highest BCUT2D eigenvalue weighted by molar-refractivity contribution is 5.74. The first-order chi connectivity index (χ1) is 7.24. The van der Waals surface area contributed by atoms with E-state index >= 15 is 0 Å². The quantitative estimate of drug-likeness (QED) is 0.739. The second-order valence-corrected chi connectivity index (χ2v) is 4.59. The van der Waals surface area contributed by atoms with Crippen molar-refractivity contribution in [1.82, 2.24) is 10.6 Å². The highest BCUT2D eigenvalue weighted by Crippen LogP contribution is 2.26. The molecule has 0 spiro atoms. The van der Waals surface area contributed by atoms with Crippen LogP contribution in [0.5, 0.6) is 0 Å². The van der Waals surface area contributed by atoms with E-state index in [-0.39, 0.29) is 6.03 Å². The number of urea groups is 1. The van der Waals surface area contributed by atoms with E-state index in [0.29, 0.717) is 12.0 Å². The topological polar surface area (TPSA) is 41.1 Å². The van der Waals surface area contributed by atoms with Crippen molar-refractivity contribution >= 4 is 6.03 Å². The highest BCUT2D eigenvalue weighted by atomic mass is 16.2. The van der Waals surface area contributed by atoms with E-state index in [0.717, 1.165) is 13.0 Å². The molecule has 0 aromatic rings. The summed E-state index contributed by atoms with van der Waals surface area (Å²) in [6.45, 7) is 4.95. The number of rotatable bonds is 4. The van der Waals surface area contributed by atoms with Crippen molar-refractivity contribution in [2.75, 3.05) is 6.54 Å². The zero-order chi connectivity index (χ0) is 11.1. The van der Waals surface area contributed by atoms with Gasteiger partial charge in [-0.15, -0.1) is 0 Å². The van der Waals surface area contributed by atoms with Gasteiger partial charge < -0.3 is 10.6 Å². The van der Waals surface area contributed by atoms with Crippen molar-refractivity contribution in [1.29, 1.82) is 0 Å². The lowest BCUT2D eigenvalue weighted by Crippen LogP contribution is -2.44. The van der Waals surface area contributed by atoms with Crippen LogP contribution in [0.15, 0.2) is 0 Å². The van der Waals surface area contributed by atoms with E-state index < -0.39 is 0 Å². The van der Waals surface area contributed by atoms with Crippen LogP contribution >= 0.6 is 0 Å². The summed E-state index contributed by atoms with van der Waals surface area (Å²) in [5.41, 5.74) is 0. The molecule has 1 unspecified atom stereocenters. The summed E-state index contributed by atoms with van der Waals surface area (Å²) in [7, 11) is 0. The molecule has 88 valence electrons. The minimum absolute atomic E-state index is 0.00470. The third kappa shape index (κ3) is 4.54. The largest absolute Gasteiger partial charge is 0.338 e. The van der Waals surface area contributed by atoms with Crippen LogP contribution in [0.4, 0.5) is 4.79 Å². The van der Waals surface area contributed by atoms with Gasteiger partial charge in [0.15, 0.2) is 0 Å². The Hall–Kier alpha value is -0.730. The molecule has 2 amide bonds. The molecule has 0 saturated heterocycles. The first-order valence-corrected chi connectivity index (χ1v) is 6.28. The third-order valence-corrected chi connectivity index (χ3v) is 3.25. The molecular formula is C12H24N2O. The van der Waals surface area contributed by atoms with Crippen LogP contribution in [-0.4, -0.2) is 18.6 Å². The van der Waals surface area contributed by atoms with Gasteiger partial charge in [0.2, 0.25) is 0 Å². The van der Waals surface area contributed by atoms with Crippen LogP contribution in [0.2, 0.25) is 0 Å². The summed E-state index contributed by atoms with van der Waals surface area (Å²) in [5, 5.41) is 5.89. The monoisotopic (exact) mass is 212 g/mol. The number of hydrogen-bond donors (Lipinski definition) is 2. The Morgan fingerprint density at radius 1 is 1.33 bits per heavy atom. The van der Waals surface area contributed by atoms with Crippen molar-refractivity contribution in [2.45, 2.75) is 58.4 Å². The van der Waals surface area contributed by atoms with Crippen LogP contribution in [0.25, 0.3) is 0 Å². The zero-order valence-corrected chi connectivity index (χ0v) is 10.0. The summed E-state index contributed by atoms with van der Waals surface area (Å²) in [5.74, 6) is 0.686. The first-order valence-electron chi connectivity index (χ1n) is 6.28. The van der Waals surface area contributed by atoms with E-state index in [4.69, 9.17) is 0 Å². The Labute approximate surface area is 93.0 Å². The van der Waals surface area contributed by atoms with Crippen molar-refractivity contribution in [3.05, 3.63) is 0 Å².